The lowest BCUT2D eigenvalue weighted by Crippen LogP contribution is -2.52. The molecule has 0 radical (unpaired) electrons. The number of morpholine rings is 1. The molecule has 0 aliphatic carbocycles. The number of aliphatic carboxylic acids is 1. The van der Waals surface area contributed by atoms with Gasteiger partial charge in [0.1, 0.15) is 5.82 Å². The lowest BCUT2D eigenvalue weighted by Gasteiger charge is -2.33. The molecule has 1 aliphatic heterocycles. The maximum Gasteiger partial charge on any atom is 0.328 e. The predicted octanol–water partition coefficient (Wildman–Crippen LogP) is 2.06. The van der Waals surface area contributed by atoms with Crippen molar-refractivity contribution in [3.63, 3.8) is 0 Å². The molecule has 1 fully saturated rings. The summed E-state index contributed by atoms with van der Waals surface area (Å²) in [5.41, 5.74) is -0.123. The molecular weight excluding hydrogens is 312 g/mol. The molecule has 1 aromatic rings. The van der Waals surface area contributed by atoms with Gasteiger partial charge in [0.2, 0.25) is 0 Å². The summed E-state index contributed by atoms with van der Waals surface area (Å²) in [6.45, 7) is 0.189. The first kappa shape index (κ1) is 15.0. The second-order valence-electron chi connectivity index (χ2n) is 4.17. The number of benzene rings is 1. The summed E-state index contributed by atoms with van der Waals surface area (Å²) in [4.78, 5) is 24.5. The van der Waals surface area contributed by atoms with Crippen molar-refractivity contribution >= 4 is 35.1 Å². The van der Waals surface area contributed by atoms with E-state index >= 15 is 0 Å². The van der Waals surface area contributed by atoms with Gasteiger partial charge in [-0.15, -0.1) is 0 Å². The van der Waals surface area contributed by atoms with Crippen molar-refractivity contribution in [2.75, 3.05) is 19.8 Å². The smallest absolute Gasteiger partial charge is 0.328 e. The molecule has 108 valence electrons. The van der Waals surface area contributed by atoms with Crippen molar-refractivity contribution in [2.45, 2.75) is 6.04 Å². The van der Waals surface area contributed by atoms with E-state index in [0.29, 0.717) is 0 Å². The fraction of sp³-hybridized carbons (Fsp3) is 0.333. The molecule has 0 aromatic heterocycles. The number of rotatable bonds is 2. The number of nitrogens with zero attached hydrogens (tertiary/aromatic N) is 1. The van der Waals surface area contributed by atoms with E-state index in [1.165, 1.54) is 0 Å². The van der Waals surface area contributed by atoms with Gasteiger partial charge in [0, 0.05) is 6.54 Å². The van der Waals surface area contributed by atoms with Gasteiger partial charge in [-0.1, -0.05) is 23.2 Å². The van der Waals surface area contributed by atoms with Crippen LogP contribution in [0.25, 0.3) is 0 Å². The van der Waals surface area contributed by atoms with E-state index in [4.69, 9.17) is 33.0 Å². The molecule has 8 heteroatoms. The summed E-state index contributed by atoms with van der Waals surface area (Å²) in [5.74, 6) is -2.65. The van der Waals surface area contributed by atoms with Crippen molar-refractivity contribution in [2.24, 2.45) is 0 Å². The molecule has 5 nitrogen and oxygen atoms in total. The Morgan fingerprint density at radius 3 is 2.70 bits per heavy atom. The van der Waals surface area contributed by atoms with Gasteiger partial charge in [-0.3, -0.25) is 4.79 Å². The SMILES string of the molecule is O=C(O)[C@H]1COCCN1C(=O)c1cc(F)c(Cl)cc1Cl. The van der Waals surface area contributed by atoms with Crippen LogP contribution >= 0.6 is 23.2 Å². The summed E-state index contributed by atoms with van der Waals surface area (Å²) in [6.07, 6.45) is 0. The third kappa shape index (κ3) is 2.87. The highest BCUT2D eigenvalue weighted by molar-refractivity contribution is 6.36. The molecular formula is C12H10Cl2FNO4. The normalized spacial score (nSPS) is 18.9. The molecule has 0 saturated carbocycles. The molecule has 20 heavy (non-hydrogen) atoms. The Kier molecular flexibility index (Phi) is 4.47. The van der Waals surface area contributed by atoms with Crippen molar-refractivity contribution < 1.29 is 23.8 Å². The summed E-state index contributed by atoms with van der Waals surface area (Å²) < 4.78 is 18.5. The average molecular weight is 322 g/mol. The molecule has 1 amide bonds. The minimum atomic E-state index is -1.19. The van der Waals surface area contributed by atoms with E-state index in [2.05, 4.69) is 0 Å². The van der Waals surface area contributed by atoms with E-state index in [9.17, 15) is 14.0 Å². The topological polar surface area (TPSA) is 66.8 Å². The standard InChI is InChI=1S/C12H10Cl2FNO4/c13-7-4-8(14)9(15)3-6(7)11(17)16-1-2-20-5-10(16)12(18)19/h3-4,10H,1-2,5H2,(H,18,19)/t10-/m1/s1. The van der Waals surface area contributed by atoms with Gasteiger partial charge in [0.15, 0.2) is 6.04 Å². The van der Waals surface area contributed by atoms with Crippen LogP contribution in [0.1, 0.15) is 10.4 Å². The highest BCUT2D eigenvalue weighted by Gasteiger charge is 2.34. The largest absolute Gasteiger partial charge is 0.480 e. The van der Waals surface area contributed by atoms with Crippen LogP contribution in [0, 0.1) is 5.82 Å². The van der Waals surface area contributed by atoms with E-state index < -0.39 is 23.7 Å². The minimum absolute atomic E-state index is 0.0305. The van der Waals surface area contributed by atoms with Crippen LogP contribution in [-0.2, 0) is 9.53 Å². The molecule has 1 aliphatic rings. The molecule has 1 saturated heterocycles. The second-order valence-corrected chi connectivity index (χ2v) is 4.99. The van der Waals surface area contributed by atoms with Crippen LogP contribution in [0.15, 0.2) is 12.1 Å². The molecule has 1 atom stereocenters. The summed E-state index contributed by atoms with van der Waals surface area (Å²) >= 11 is 11.4. The van der Waals surface area contributed by atoms with Crippen LogP contribution in [0.5, 0.6) is 0 Å². The van der Waals surface area contributed by atoms with E-state index in [1.807, 2.05) is 0 Å². The number of hydrogen-bond donors (Lipinski definition) is 1. The Morgan fingerprint density at radius 1 is 1.35 bits per heavy atom. The predicted molar refractivity (Wildman–Crippen MR) is 69.7 cm³/mol. The summed E-state index contributed by atoms with van der Waals surface area (Å²) in [5, 5.41) is 8.83. The number of carboxylic acids is 1. The highest BCUT2D eigenvalue weighted by atomic mass is 35.5. The minimum Gasteiger partial charge on any atom is -0.480 e. The van der Waals surface area contributed by atoms with Gasteiger partial charge in [0.25, 0.3) is 5.91 Å². The number of ether oxygens (including phenoxy) is 1. The number of hydrogen-bond acceptors (Lipinski definition) is 3. The van der Waals surface area contributed by atoms with Crippen LogP contribution < -0.4 is 0 Å². The van der Waals surface area contributed by atoms with Crippen LogP contribution in [0.2, 0.25) is 10.0 Å². The van der Waals surface area contributed by atoms with Gasteiger partial charge < -0.3 is 14.7 Å². The Morgan fingerprint density at radius 2 is 2.05 bits per heavy atom. The molecule has 2 rings (SSSR count). The monoisotopic (exact) mass is 321 g/mol. The lowest BCUT2D eigenvalue weighted by atomic mass is 10.1. The first-order chi connectivity index (χ1) is 9.41. The number of carbonyl (C=O) groups excluding carboxylic acids is 1. The second kappa shape index (κ2) is 5.95. The zero-order valence-electron chi connectivity index (χ0n) is 10.1. The fourth-order valence-electron chi connectivity index (χ4n) is 1.89. The van der Waals surface area contributed by atoms with Crippen LogP contribution in [0.4, 0.5) is 4.39 Å². The van der Waals surface area contributed by atoms with Gasteiger partial charge in [-0.2, -0.15) is 0 Å². The molecule has 1 aromatic carbocycles. The molecule has 1 heterocycles. The van der Waals surface area contributed by atoms with Gasteiger partial charge in [-0.25, -0.2) is 9.18 Å². The van der Waals surface area contributed by atoms with Gasteiger partial charge in [0.05, 0.1) is 28.8 Å². The Labute approximate surface area is 123 Å². The Balaban J connectivity index is 2.34. The Hall–Kier alpha value is -1.37. The van der Waals surface area contributed by atoms with Crippen LogP contribution in [-0.4, -0.2) is 47.7 Å². The van der Waals surface area contributed by atoms with Crippen molar-refractivity contribution in [3.05, 3.63) is 33.6 Å². The maximum atomic E-state index is 13.4. The summed E-state index contributed by atoms with van der Waals surface area (Å²) in [6, 6.07) is 0.898. The van der Waals surface area contributed by atoms with Crippen LogP contribution in [0.3, 0.4) is 0 Å². The first-order valence-electron chi connectivity index (χ1n) is 5.68. The van der Waals surface area contributed by atoms with E-state index in [-0.39, 0.29) is 35.4 Å². The third-order valence-corrected chi connectivity index (χ3v) is 3.52. The fourth-order valence-corrected chi connectivity index (χ4v) is 2.36. The molecule has 0 spiro atoms. The van der Waals surface area contributed by atoms with E-state index in [1.54, 1.807) is 0 Å². The average Bonchev–Trinajstić information content (AvgIpc) is 2.42. The van der Waals surface area contributed by atoms with Gasteiger partial charge in [-0.05, 0) is 12.1 Å². The lowest BCUT2D eigenvalue weighted by molar-refractivity contribution is -0.147. The van der Waals surface area contributed by atoms with Crippen molar-refractivity contribution in [1.29, 1.82) is 0 Å². The zero-order chi connectivity index (χ0) is 14.9. The number of carbonyl (C=O) groups is 2. The molecule has 0 unspecified atom stereocenters. The highest BCUT2D eigenvalue weighted by Crippen LogP contribution is 2.26. The Bertz CT molecular complexity index is 567. The quantitative estimate of drug-likeness (QED) is 0.847. The maximum absolute atomic E-state index is 13.4. The molecule has 0 bridgehead atoms. The third-order valence-electron chi connectivity index (χ3n) is 2.91. The van der Waals surface area contributed by atoms with Gasteiger partial charge >= 0.3 is 5.97 Å². The number of halogens is 3. The zero-order valence-corrected chi connectivity index (χ0v) is 11.6. The van der Waals surface area contributed by atoms with Crippen molar-refractivity contribution in [1.82, 2.24) is 4.90 Å². The first-order valence-corrected chi connectivity index (χ1v) is 6.43. The van der Waals surface area contributed by atoms with E-state index in [0.717, 1.165) is 17.0 Å². The van der Waals surface area contributed by atoms with Crippen molar-refractivity contribution in [3.8, 4) is 0 Å². The molecule has 1 N–H and O–H groups in total. The summed E-state index contributed by atoms with van der Waals surface area (Å²) in [7, 11) is 0. The number of amides is 1. The number of carboxylic acid groups (broad SMARTS) is 1.